The minimum Gasteiger partial charge on any atom is -0.480 e. The van der Waals surface area contributed by atoms with Crippen LogP contribution in [0.25, 0.3) is 0 Å². The van der Waals surface area contributed by atoms with Gasteiger partial charge in [0.2, 0.25) is 0 Å². The number of aryl methyl sites for hydroxylation is 1. The molecular formula is C22H31N3O5. The molecule has 8 nitrogen and oxygen atoms in total. The Bertz CT molecular complexity index is 742. The zero-order chi connectivity index (χ0) is 21.5. The number of ether oxygens (including phenoxy) is 1. The monoisotopic (exact) mass is 417 g/mol. The highest BCUT2D eigenvalue weighted by Crippen LogP contribution is 2.24. The highest BCUT2D eigenvalue weighted by Gasteiger charge is 2.42. The number of carbonyl (C=O) groups is 3. The van der Waals surface area contributed by atoms with Gasteiger partial charge >= 0.3 is 11.9 Å². The second-order valence-electron chi connectivity index (χ2n) is 7.82. The van der Waals surface area contributed by atoms with Crippen LogP contribution in [0, 0.1) is 0 Å². The summed E-state index contributed by atoms with van der Waals surface area (Å²) < 4.78 is 5.24. The van der Waals surface area contributed by atoms with Gasteiger partial charge in [0.1, 0.15) is 12.1 Å². The van der Waals surface area contributed by atoms with Crippen molar-refractivity contribution in [2.75, 3.05) is 19.7 Å². The van der Waals surface area contributed by atoms with Gasteiger partial charge in [-0.15, -0.1) is 0 Å². The maximum atomic E-state index is 13.3. The van der Waals surface area contributed by atoms with E-state index >= 15 is 0 Å². The molecule has 2 N–H and O–H groups in total. The summed E-state index contributed by atoms with van der Waals surface area (Å²) in [4.78, 5) is 37.6. The van der Waals surface area contributed by atoms with Crippen LogP contribution in [0.1, 0.15) is 44.6 Å². The third-order valence-corrected chi connectivity index (χ3v) is 5.75. The Balaban J connectivity index is 1.73. The summed E-state index contributed by atoms with van der Waals surface area (Å²) in [6.45, 7) is 3.34. The topological polar surface area (TPSA) is 99.2 Å². The Labute approximate surface area is 177 Å². The summed E-state index contributed by atoms with van der Waals surface area (Å²) in [6, 6.07) is 7.77. The zero-order valence-electron chi connectivity index (χ0n) is 17.5. The first-order chi connectivity index (χ1) is 14.5. The zero-order valence-corrected chi connectivity index (χ0v) is 17.5. The molecule has 2 saturated heterocycles. The van der Waals surface area contributed by atoms with E-state index in [9.17, 15) is 19.5 Å². The van der Waals surface area contributed by atoms with Gasteiger partial charge in [0.05, 0.1) is 12.6 Å². The number of carboxylic acids is 1. The number of hydrogen-bond acceptors (Lipinski definition) is 6. The van der Waals surface area contributed by atoms with E-state index in [0.29, 0.717) is 38.8 Å². The molecule has 0 aromatic heterocycles. The van der Waals surface area contributed by atoms with Gasteiger partial charge in [0.25, 0.3) is 5.91 Å². The van der Waals surface area contributed by atoms with Crippen molar-refractivity contribution >= 4 is 17.8 Å². The molecule has 3 atom stereocenters. The van der Waals surface area contributed by atoms with Crippen LogP contribution in [0.2, 0.25) is 0 Å². The number of rotatable bonds is 8. The Morgan fingerprint density at radius 2 is 1.90 bits per heavy atom. The number of hydrazine groups is 1. The summed E-state index contributed by atoms with van der Waals surface area (Å²) in [5.74, 6) is -1.64. The van der Waals surface area contributed by atoms with Crippen molar-refractivity contribution in [1.82, 2.24) is 15.3 Å². The van der Waals surface area contributed by atoms with Crippen molar-refractivity contribution < 1.29 is 24.2 Å². The fourth-order valence-electron chi connectivity index (χ4n) is 4.26. The third-order valence-electron chi connectivity index (χ3n) is 5.75. The molecule has 0 radical (unpaired) electrons. The Morgan fingerprint density at radius 3 is 2.57 bits per heavy atom. The second kappa shape index (κ2) is 10.5. The maximum Gasteiger partial charge on any atom is 0.328 e. The standard InChI is InChI=1S/C22H31N3O5/c1-2-30-22(29)18(13-12-16-8-4-3-5-9-16)23-17-10-6-14-24-15-7-11-19(21(27)28)25(24)20(17)26/h3-5,8-9,17-19,23H,2,6-7,10-15H2,1H3,(H,27,28)/t17-,18?,19-/m0/s1. The van der Waals surface area contributed by atoms with Crippen molar-refractivity contribution in [3.8, 4) is 0 Å². The summed E-state index contributed by atoms with van der Waals surface area (Å²) in [6.07, 6.45) is 3.67. The van der Waals surface area contributed by atoms with Crippen molar-refractivity contribution in [2.24, 2.45) is 0 Å². The van der Waals surface area contributed by atoms with E-state index in [-0.39, 0.29) is 18.5 Å². The summed E-state index contributed by atoms with van der Waals surface area (Å²) >= 11 is 0. The molecule has 0 spiro atoms. The Hall–Kier alpha value is -2.45. The lowest BCUT2D eigenvalue weighted by molar-refractivity contribution is -0.174. The van der Waals surface area contributed by atoms with Gasteiger partial charge in [-0.3, -0.25) is 19.9 Å². The number of esters is 1. The molecule has 2 aliphatic heterocycles. The lowest BCUT2D eigenvalue weighted by atomic mass is 10.0. The molecule has 0 aliphatic carbocycles. The van der Waals surface area contributed by atoms with E-state index in [2.05, 4.69) is 5.32 Å². The molecule has 0 bridgehead atoms. The van der Waals surface area contributed by atoms with Crippen LogP contribution in [0.15, 0.2) is 30.3 Å². The first-order valence-electron chi connectivity index (χ1n) is 10.8. The molecule has 2 fully saturated rings. The molecule has 1 amide bonds. The average Bonchev–Trinajstić information content (AvgIpc) is 2.90. The number of fused-ring (bicyclic) bond motifs is 1. The van der Waals surface area contributed by atoms with Crippen molar-refractivity contribution in [3.05, 3.63) is 35.9 Å². The molecule has 1 aromatic carbocycles. The SMILES string of the molecule is CCOC(=O)C(CCc1ccccc1)N[C@H]1CCCN2CCC[C@@H](C(=O)O)N2C1=O. The minimum absolute atomic E-state index is 0.266. The van der Waals surface area contributed by atoms with Crippen LogP contribution in [-0.2, 0) is 25.5 Å². The van der Waals surface area contributed by atoms with E-state index in [0.717, 1.165) is 18.4 Å². The van der Waals surface area contributed by atoms with Gasteiger partial charge in [0.15, 0.2) is 0 Å². The average molecular weight is 418 g/mol. The van der Waals surface area contributed by atoms with Gasteiger partial charge in [0, 0.05) is 13.1 Å². The van der Waals surface area contributed by atoms with E-state index < -0.39 is 24.1 Å². The Morgan fingerprint density at radius 1 is 1.20 bits per heavy atom. The third kappa shape index (κ3) is 5.37. The van der Waals surface area contributed by atoms with Gasteiger partial charge in [-0.1, -0.05) is 30.3 Å². The summed E-state index contributed by atoms with van der Waals surface area (Å²) in [5.41, 5.74) is 1.11. The molecule has 1 aromatic rings. The van der Waals surface area contributed by atoms with E-state index in [1.165, 1.54) is 5.01 Å². The molecule has 2 heterocycles. The molecule has 1 unspecified atom stereocenters. The fraction of sp³-hybridized carbons (Fsp3) is 0.591. The van der Waals surface area contributed by atoms with E-state index in [1.54, 1.807) is 6.92 Å². The number of hydrogen-bond donors (Lipinski definition) is 2. The number of benzene rings is 1. The van der Waals surface area contributed by atoms with Crippen LogP contribution in [-0.4, -0.2) is 70.8 Å². The second-order valence-corrected chi connectivity index (χ2v) is 7.82. The molecular weight excluding hydrogens is 386 g/mol. The van der Waals surface area contributed by atoms with Gasteiger partial charge < -0.3 is 9.84 Å². The van der Waals surface area contributed by atoms with E-state index in [1.807, 2.05) is 35.3 Å². The van der Waals surface area contributed by atoms with Crippen molar-refractivity contribution in [1.29, 1.82) is 0 Å². The molecule has 0 saturated carbocycles. The van der Waals surface area contributed by atoms with Crippen LogP contribution >= 0.6 is 0 Å². The largest absolute Gasteiger partial charge is 0.480 e. The predicted octanol–water partition coefficient (Wildman–Crippen LogP) is 1.60. The number of carbonyl (C=O) groups excluding carboxylic acids is 2. The normalized spacial score (nSPS) is 23.4. The van der Waals surface area contributed by atoms with Crippen LogP contribution in [0.3, 0.4) is 0 Å². The number of carboxylic acid groups (broad SMARTS) is 1. The molecule has 2 aliphatic rings. The van der Waals surface area contributed by atoms with Gasteiger partial charge in [-0.2, -0.15) is 0 Å². The summed E-state index contributed by atoms with van der Waals surface area (Å²) in [5, 5.41) is 16.1. The maximum absolute atomic E-state index is 13.3. The highest BCUT2D eigenvalue weighted by atomic mass is 16.5. The van der Waals surface area contributed by atoms with Gasteiger partial charge in [-0.25, -0.2) is 9.80 Å². The summed E-state index contributed by atoms with van der Waals surface area (Å²) in [7, 11) is 0. The highest BCUT2D eigenvalue weighted by molar-refractivity contribution is 5.87. The molecule has 8 heteroatoms. The van der Waals surface area contributed by atoms with Gasteiger partial charge in [-0.05, 0) is 51.0 Å². The quantitative estimate of drug-likeness (QED) is 0.620. The number of amides is 1. The molecule has 3 rings (SSSR count). The lowest BCUT2D eigenvalue weighted by Crippen LogP contribution is -2.61. The lowest BCUT2D eigenvalue weighted by Gasteiger charge is -2.42. The van der Waals surface area contributed by atoms with Crippen LogP contribution in [0.5, 0.6) is 0 Å². The number of nitrogens with zero attached hydrogens (tertiary/aromatic N) is 2. The number of aliphatic carboxylic acids is 1. The molecule has 30 heavy (non-hydrogen) atoms. The first kappa shape index (κ1) is 22.2. The number of nitrogens with one attached hydrogen (secondary N) is 1. The molecule has 164 valence electrons. The van der Waals surface area contributed by atoms with E-state index in [4.69, 9.17) is 4.74 Å². The predicted molar refractivity (Wildman–Crippen MR) is 110 cm³/mol. The van der Waals surface area contributed by atoms with Crippen molar-refractivity contribution in [3.63, 3.8) is 0 Å². The van der Waals surface area contributed by atoms with Crippen molar-refractivity contribution in [2.45, 2.75) is 63.6 Å². The fourth-order valence-corrected chi connectivity index (χ4v) is 4.26. The van der Waals surface area contributed by atoms with Crippen LogP contribution in [0.4, 0.5) is 0 Å². The first-order valence-corrected chi connectivity index (χ1v) is 10.8. The smallest absolute Gasteiger partial charge is 0.328 e. The minimum atomic E-state index is -0.986. The van der Waals surface area contributed by atoms with Crippen LogP contribution < -0.4 is 5.32 Å². The Kier molecular flexibility index (Phi) is 7.81.